The summed E-state index contributed by atoms with van der Waals surface area (Å²) < 4.78 is 1.10. The molecule has 1 unspecified atom stereocenters. The Morgan fingerprint density at radius 3 is 3.11 bits per heavy atom. The standard InChI is InChI=1S/C13H15BrN4/c1-8-6-15-13(17-8)16-7-11-5-9-4-10(14)2-3-12(9)18-11/h2-5,8,18H,6-7H2,1H3,(H2,15,16,17). The van der Waals surface area contributed by atoms with E-state index in [0.717, 1.165) is 34.7 Å². The second-order valence-electron chi connectivity index (χ2n) is 4.61. The summed E-state index contributed by atoms with van der Waals surface area (Å²) in [5.74, 6) is 0.891. The molecule has 3 rings (SSSR count). The van der Waals surface area contributed by atoms with Crippen LogP contribution in [0.4, 0.5) is 0 Å². The van der Waals surface area contributed by atoms with Gasteiger partial charge in [-0.15, -0.1) is 0 Å². The lowest BCUT2D eigenvalue weighted by atomic mass is 10.2. The van der Waals surface area contributed by atoms with Crippen LogP contribution in [0.15, 0.2) is 33.7 Å². The molecular formula is C13H15BrN4. The van der Waals surface area contributed by atoms with Gasteiger partial charge in [-0.3, -0.25) is 4.99 Å². The molecule has 1 aliphatic rings. The summed E-state index contributed by atoms with van der Waals surface area (Å²) in [6.07, 6.45) is 0. The Morgan fingerprint density at radius 2 is 2.33 bits per heavy atom. The summed E-state index contributed by atoms with van der Waals surface area (Å²) >= 11 is 3.48. The predicted molar refractivity (Wildman–Crippen MR) is 77.7 cm³/mol. The summed E-state index contributed by atoms with van der Waals surface area (Å²) in [5.41, 5.74) is 2.32. The Balaban J connectivity index is 1.71. The van der Waals surface area contributed by atoms with Crippen molar-refractivity contribution < 1.29 is 0 Å². The van der Waals surface area contributed by atoms with E-state index >= 15 is 0 Å². The van der Waals surface area contributed by atoms with Gasteiger partial charge in [0.15, 0.2) is 5.96 Å². The molecule has 2 aromatic rings. The fourth-order valence-electron chi connectivity index (χ4n) is 2.10. The van der Waals surface area contributed by atoms with Gasteiger partial charge in [-0.05, 0) is 31.2 Å². The number of hydrogen-bond donors (Lipinski definition) is 3. The Morgan fingerprint density at radius 1 is 1.44 bits per heavy atom. The van der Waals surface area contributed by atoms with E-state index in [9.17, 15) is 0 Å². The fourth-order valence-corrected chi connectivity index (χ4v) is 2.48. The lowest BCUT2D eigenvalue weighted by Gasteiger charge is -2.07. The summed E-state index contributed by atoms with van der Waals surface area (Å²) in [6.45, 7) is 3.73. The predicted octanol–water partition coefficient (Wildman–Crippen LogP) is 2.37. The maximum Gasteiger partial charge on any atom is 0.191 e. The average molecular weight is 307 g/mol. The number of fused-ring (bicyclic) bond motifs is 1. The van der Waals surface area contributed by atoms with E-state index in [0.29, 0.717) is 6.04 Å². The van der Waals surface area contributed by atoms with Crippen molar-refractivity contribution in [3.63, 3.8) is 0 Å². The third-order valence-corrected chi connectivity index (χ3v) is 3.48. The van der Waals surface area contributed by atoms with Crippen molar-refractivity contribution >= 4 is 32.8 Å². The van der Waals surface area contributed by atoms with Crippen LogP contribution in [0.25, 0.3) is 10.9 Å². The van der Waals surface area contributed by atoms with Gasteiger partial charge in [-0.2, -0.15) is 0 Å². The van der Waals surface area contributed by atoms with Crippen LogP contribution in [-0.4, -0.2) is 23.5 Å². The molecule has 1 aliphatic heterocycles. The number of aromatic nitrogens is 1. The highest BCUT2D eigenvalue weighted by Gasteiger charge is 2.11. The van der Waals surface area contributed by atoms with Gasteiger partial charge in [-0.1, -0.05) is 15.9 Å². The SMILES string of the molecule is CC1CN=C(NCc2cc3cc(Br)ccc3[nH]2)N1. The molecule has 0 bridgehead atoms. The molecule has 3 N–H and O–H groups in total. The molecule has 2 heterocycles. The van der Waals surface area contributed by atoms with Crippen LogP contribution >= 0.6 is 15.9 Å². The van der Waals surface area contributed by atoms with E-state index in [1.54, 1.807) is 0 Å². The van der Waals surface area contributed by atoms with Gasteiger partial charge in [-0.25, -0.2) is 0 Å². The van der Waals surface area contributed by atoms with E-state index in [4.69, 9.17) is 0 Å². The number of nitrogens with zero attached hydrogens (tertiary/aromatic N) is 1. The average Bonchev–Trinajstić information content (AvgIpc) is 2.92. The van der Waals surface area contributed by atoms with Gasteiger partial charge in [0.2, 0.25) is 0 Å². The highest BCUT2D eigenvalue weighted by atomic mass is 79.9. The zero-order valence-electron chi connectivity index (χ0n) is 10.1. The molecule has 0 fully saturated rings. The van der Waals surface area contributed by atoms with Crippen LogP contribution in [0.2, 0.25) is 0 Å². The second kappa shape index (κ2) is 4.65. The first-order valence-corrected chi connectivity index (χ1v) is 6.82. The first-order chi connectivity index (χ1) is 8.70. The number of nitrogens with one attached hydrogen (secondary N) is 3. The highest BCUT2D eigenvalue weighted by molar-refractivity contribution is 9.10. The quantitative estimate of drug-likeness (QED) is 0.798. The van der Waals surface area contributed by atoms with Gasteiger partial charge in [0.05, 0.1) is 13.1 Å². The minimum Gasteiger partial charge on any atom is -0.357 e. The Kier molecular flexibility index (Phi) is 2.99. The van der Waals surface area contributed by atoms with Crippen LogP contribution in [0.5, 0.6) is 0 Å². The van der Waals surface area contributed by atoms with E-state index in [2.05, 4.69) is 61.7 Å². The Bertz CT molecular complexity index is 602. The number of aromatic amines is 1. The molecule has 0 saturated carbocycles. The Hall–Kier alpha value is -1.49. The maximum atomic E-state index is 4.37. The first-order valence-electron chi connectivity index (χ1n) is 6.03. The monoisotopic (exact) mass is 306 g/mol. The van der Waals surface area contributed by atoms with Crippen LogP contribution in [0.1, 0.15) is 12.6 Å². The van der Waals surface area contributed by atoms with Crippen molar-refractivity contribution in [2.45, 2.75) is 19.5 Å². The topological polar surface area (TPSA) is 52.2 Å². The number of guanidine groups is 1. The van der Waals surface area contributed by atoms with Gasteiger partial charge < -0.3 is 15.6 Å². The third kappa shape index (κ3) is 2.36. The first kappa shape index (κ1) is 11.6. The van der Waals surface area contributed by atoms with Crippen LogP contribution in [0, 0.1) is 0 Å². The zero-order chi connectivity index (χ0) is 12.5. The lowest BCUT2D eigenvalue weighted by Crippen LogP contribution is -2.37. The molecule has 1 aromatic carbocycles. The summed E-state index contributed by atoms with van der Waals surface area (Å²) in [5, 5.41) is 7.80. The molecule has 1 atom stereocenters. The molecule has 0 aliphatic carbocycles. The van der Waals surface area contributed by atoms with E-state index in [1.807, 2.05) is 6.07 Å². The Labute approximate surface area is 114 Å². The number of aliphatic imine (C=N–C) groups is 1. The molecule has 0 amide bonds. The van der Waals surface area contributed by atoms with E-state index < -0.39 is 0 Å². The molecule has 94 valence electrons. The lowest BCUT2D eigenvalue weighted by molar-refractivity contribution is 0.712. The fraction of sp³-hybridized carbons (Fsp3) is 0.308. The van der Waals surface area contributed by atoms with Crippen molar-refractivity contribution in [2.24, 2.45) is 4.99 Å². The van der Waals surface area contributed by atoms with Crippen molar-refractivity contribution in [2.75, 3.05) is 6.54 Å². The zero-order valence-corrected chi connectivity index (χ0v) is 11.7. The molecule has 0 radical (unpaired) electrons. The minimum atomic E-state index is 0.436. The van der Waals surface area contributed by atoms with Gasteiger partial charge in [0.25, 0.3) is 0 Å². The highest BCUT2D eigenvalue weighted by Crippen LogP contribution is 2.20. The van der Waals surface area contributed by atoms with Crippen molar-refractivity contribution in [1.82, 2.24) is 15.6 Å². The van der Waals surface area contributed by atoms with Gasteiger partial charge in [0, 0.05) is 27.1 Å². The second-order valence-corrected chi connectivity index (χ2v) is 5.53. The molecule has 4 nitrogen and oxygen atoms in total. The molecule has 1 aromatic heterocycles. The summed E-state index contributed by atoms with van der Waals surface area (Å²) in [6, 6.07) is 8.83. The van der Waals surface area contributed by atoms with Gasteiger partial charge in [0.1, 0.15) is 0 Å². The largest absolute Gasteiger partial charge is 0.357 e. The number of benzene rings is 1. The van der Waals surface area contributed by atoms with Crippen molar-refractivity contribution in [3.05, 3.63) is 34.4 Å². The molecule has 0 spiro atoms. The minimum absolute atomic E-state index is 0.436. The van der Waals surface area contributed by atoms with Crippen LogP contribution in [-0.2, 0) is 6.54 Å². The van der Waals surface area contributed by atoms with Gasteiger partial charge >= 0.3 is 0 Å². The van der Waals surface area contributed by atoms with E-state index in [-0.39, 0.29) is 0 Å². The number of halogens is 1. The van der Waals surface area contributed by atoms with E-state index in [1.165, 1.54) is 5.39 Å². The molecule has 18 heavy (non-hydrogen) atoms. The molecule has 5 heteroatoms. The smallest absolute Gasteiger partial charge is 0.191 e. The van der Waals surface area contributed by atoms with Crippen LogP contribution < -0.4 is 10.6 Å². The maximum absolute atomic E-state index is 4.37. The number of hydrogen-bond acceptors (Lipinski definition) is 3. The number of H-pyrrole nitrogens is 1. The third-order valence-electron chi connectivity index (χ3n) is 2.99. The summed E-state index contributed by atoms with van der Waals surface area (Å²) in [7, 11) is 0. The molecular weight excluding hydrogens is 292 g/mol. The summed E-state index contributed by atoms with van der Waals surface area (Å²) in [4.78, 5) is 7.76. The van der Waals surface area contributed by atoms with Crippen LogP contribution in [0.3, 0.4) is 0 Å². The number of rotatable bonds is 2. The molecule has 0 saturated heterocycles. The normalized spacial score (nSPS) is 18.8. The van der Waals surface area contributed by atoms with Crippen molar-refractivity contribution in [1.29, 1.82) is 0 Å². The van der Waals surface area contributed by atoms with Crippen molar-refractivity contribution in [3.8, 4) is 0 Å².